The van der Waals surface area contributed by atoms with E-state index >= 15 is 0 Å². The van der Waals surface area contributed by atoms with Crippen molar-refractivity contribution in [3.05, 3.63) is 54.7 Å². The number of hydrogen-bond donors (Lipinski definition) is 1. The van der Waals surface area contributed by atoms with Gasteiger partial charge in [0.1, 0.15) is 11.5 Å². The molecule has 0 atom stereocenters. The van der Waals surface area contributed by atoms with E-state index in [2.05, 4.69) is 15.3 Å². The van der Waals surface area contributed by atoms with Crippen molar-refractivity contribution in [2.24, 2.45) is 0 Å². The van der Waals surface area contributed by atoms with Crippen LogP contribution in [0.4, 0.5) is 9.52 Å². The summed E-state index contributed by atoms with van der Waals surface area (Å²) >= 11 is 1.55. The second-order valence-corrected chi connectivity index (χ2v) is 6.66. The Bertz CT molecular complexity index is 1040. The summed E-state index contributed by atoms with van der Waals surface area (Å²) in [5.41, 5.74) is 2.64. The molecule has 0 aliphatic rings. The van der Waals surface area contributed by atoms with Gasteiger partial charge in [0.05, 0.1) is 16.8 Å². The van der Waals surface area contributed by atoms with Gasteiger partial charge in [0.15, 0.2) is 17.3 Å². The van der Waals surface area contributed by atoms with E-state index in [1.807, 2.05) is 18.2 Å². The van der Waals surface area contributed by atoms with Crippen LogP contribution in [0, 0.1) is 5.82 Å². The molecule has 0 saturated carbocycles. The molecule has 26 heavy (non-hydrogen) atoms. The molecule has 1 N–H and O–H groups in total. The molecule has 0 aliphatic heterocycles. The molecule has 2 heterocycles. The van der Waals surface area contributed by atoms with E-state index in [9.17, 15) is 4.39 Å². The van der Waals surface area contributed by atoms with Crippen LogP contribution in [-0.4, -0.2) is 30.2 Å². The lowest BCUT2D eigenvalue weighted by molar-refractivity contribution is 0.211. The quantitative estimate of drug-likeness (QED) is 0.494. The number of fused-ring (bicyclic) bond motifs is 1. The lowest BCUT2D eigenvalue weighted by Crippen LogP contribution is -2.06. The third kappa shape index (κ3) is 3.18. The van der Waals surface area contributed by atoms with Gasteiger partial charge in [-0.25, -0.2) is 14.4 Å². The number of halogens is 1. The minimum Gasteiger partial charge on any atom is -0.443 e. The molecule has 2 aromatic heterocycles. The molecule has 0 bridgehead atoms. The molecule has 0 aliphatic carbocycles. The van der Waals surface area contributed by atoms with Crippen LogP contribution in [-0.2, 0) is 4.74 Å². The Labute approximate surface area is 153 Å². The van der Waals surface area contributed by atoms with Crippen LogP contribution in [0.25, 0.3) is 32.8 Å². The van der Waals surface area contributed by atoms with Gasteiger partial charge in [-0.2, -0.15) is 0 Å². The number of methoxy groups -OCH3 is 1. The van der Waals surface area contributed by atoms with Crippen molar-refractivity contribution in [3.63, 3.8) is 0 Å². The maximum absolute atomic E-state index is 14.1. The largest absolute Gasteiger partial charge is 0.443 e. The molecular formula is C19H16FN3O2S. The fourth-order valence-electron chi connectivity index (χ4n) is 2.70. The number of ether oxygens (including phenoxy) is 1. The normalized spacial score (nSPS) is 11.2. The Morgan fingerprint density at radius 3 is 2.96 bits per heavy atom. The van der Waals surface area contributed by atoms with Crippen molar-refractivity contribution in [2.45, 2.75) is 0 Å². The zero-order chi connectivity index (χ0) is 17.9. The topological polar surface area (TPSA) is 60.2 Å². The SMILES string of the molecule is COCCNc1nc2ccc(-c3ocnc3-c3ccccc3F)cc2s1. The van der Waals surface area contributed by atoms with Crippen LogP contribution in [0.15, 0.2) is 53.3 Å². The Hall–Kier alpha value is -2.77. The first kappa shape index (κ1) is 16.7. The summed E-state index contributed by atoms with van der Waals surface area (Å²) in [5, 5.41) is 4.07. The molecular weight excluding hydrogens is 353 g/mol. The molecule has 5 nitrogen and oxygen atoms in total. The number of anilines is 1. The van der Waals surface area contributed by atoms with E-state index in [1.54, 1.807) is 36.6 Å². The van der Waals surface area contributed by atoms with Crippen LogP contribution in [0.5, 0.6) is 0 Å². The van der Waals surface area contributed by atoms with Gasteiger partial charge in [0.25, 0.3) is 0 Å². The molecule has 0 amide bonds. The number of thiazole rings is 1. The maximum Gasteiger partial charge on any atom is 0.183 e. The second-order valence-electron chi connectivity index (χ2n) is 5.63. The van der Waals surface area contributed by atoms with Crippen LogP contribution in [0.3, 0.4) is 0 Å². The van der Waals surface area contributed by atoms with E-state index in [4.69, 9.17) is 9.15 Å². The van der Waals surface area contributed by atoms with Gasteiger partial charge in [-0.3, -0.25) is 0 Å². The first-order valence-electron chi connectivity index (χ1n) is 8.08. The first-order chi connectivity index (χ1) is 12.8. The van der Waals surface area contributed by atoms with Crippen molar-refractivity contribution in [2.75, 3.05) is 25.6 Å². The summed E-state index contributed by atoms with van der Waals surface area (Å²) in [5.74, 6) is 0.213. The highest BCUT2D eigenvalue weighted by Crippen LogP contribution is 2.35. The zero-order valence-electron chi connectivity index (χ0n) is 14.0. The van der Waals surface area contributed by atoms with Gasteiger partial charge in [-0.1, -0.05) is 23.5 Å². The minimum absolute atomic E-state index is 0.328. The van der Waals surface area contributed by atoms with E-state index in [0.29, 0.717) is 30.2 Å². The molecule has 0 radical (unpaired) electrons. The highest BCUT2D eigenvalue weighted by molar-refractivity contribution is 7.22. The Balaban J connectivity index is 1.70. The molecule has 0 fully saturated rings. The molecule has 0 saturated heterocycles. The highest BCUT2D eigenvalue weighted by atomic mass is 32.1. The average molecular weight is 369 g/mol. The predicted molar refractivity (Wildman–Crippen MR) is 101 cm³/mol. The summed E-state index contributed by atoms with van der Waals surface area (Å²) in [6.45, 7) is 1.31. The van der Waals surface area contributed by atoms with Gasteiger partial charge in [-0.05, 0) is 30.3 Å². The fourth-order valence-corrected chi connectivity index (χ4v) is 3.63. The van der Waals surface area contributed by atoms with Crippen molar-refractivity contribution in [1.82, 2.24) is 9.97 Å². The molecule has 7 heteroatoms. The summed E-state index contributed by atoms with van der Waals surface area (Å²) in [6, 6.07) is 12.4. The fraction of sp³-hybridized carbons (Fsp3) is 0.158. The molecule has 0 unspecified atom stereocenters. The predicted octanol–water partition coefficient (Wildman–Crippen LogP) is 4.82. The average Bonchev–Trinajstić information content (AvgIpc) is 3.28. The van der Waals surface area contributed by atoms with Gasteiger partial charge < -0.3 is 14.5 Å². The number of nitrogens with one attached hydrogen (secondary N) is 1. The molecule has 132 valence electrons. The standard InChI is InChI=1S/C19H16FN3O2S/c1-24-9-8-21-19-23-15-7-6-12(10-16(15)26-19)18-17(22-11-25-18)13-4-2-3-5-14(13)20/h2-7,10-11H,8-9H2,1H3,(H,21,23). The van der Waals surface area contributed by atoms with Crippen LogP contribution >= 0.6 is 11.3 Å². The molecule has 0 spiro atoms. The minimum atomic E-state index is -0.328. The number of benzene rings is 2. The third-order valence-electron chi connectivity index (χ3n) is 3.93. The van der Waals surface area contributed by atoms with Crippen molar-refractivity contribution >= 4 is 26.7 Å². The van der Waals surface area contributed by atoms with Gasteiger partial charge >= 0.3 is 0 Å². The third-order valence-corrected chi connectivity index (χ3v) is 4.91. The summed E-state index contributed by atoms with van der Waals surface area (Å²) in [7, 11) is 1.66. The van der Waals surface area contributed by atoms with Gasteiger partial charge in [0.2, 0.25) is 0 Å². The monoisotopic (exact) mass is 369 g/mol. The smallest absolute Gasteiger partial charge is 0.183 e. The lowest BCUT2D eigenvalue weighted by atomic mass is 10.1. The Morgan fingerprint density at radius 2 is 2.12 bits per heavy atom. The van der Waals surface area contributed by atoms with Crippen LogP contribution in [0.2, 0.25) is 0 Å². The number of oxazole rings is 1. The second kappa shape index (κ2) is 7.23. The van der Waals surface area contributed by atoms with E-state index in [-0.39, 0.29) is 5.82 Å². The number of aromatic nitrogens is 2. The van der Waals surface area contributed by atoms with Crippen LogP contribution in [0.1, 0.15) is 0 Å². The van der Waals surface area contributed by atoms with E-state index in [1.165, 1.54) is 12.5 Å². The Kier molecular flexibility index (Phi) is 4.64. The van der Waals surface area contributed by atoms with E-state index in [0.717, 1.165) is 20.9 Å². The number of rotatable bonds is 6. The Morgan fingerprint density at radius 1 is 1.23 bits per heavy atom. The first-order valence-corrected chi connectivity index (χ1v) is 8.90. The maximum atomic E-state index is 14.1. The molecule has 4 rings (SSSR count). The summed E-state index contributed by atoms with van der Waals surface area (Å²) in [4.78, 5) is 8.76. The highest BCUT2D eigenvalue weighted by Gasteiger charge is 2.17. The van der Waals surface area contributed by atoms with Crippen molar-refractivity contribution < 1.29 is 13.5 Å². The van der Waals surface area contributed by atoms with Crippen molar-refractivity contribution in [3.8, 4) is 22.6 Å². The summed E-state index contributed by atoms with van der Waals surface area (Å²) < 4.78 is 25.8. The van der Waals surface area contributed by atoms with E-state index < -0.39 is 0 Å². The number of nitrogens with zero attached hydrogens (tertiary/aromatic N) is 2. The zero-order valence-corrected chi connectivity index (χ0v) is 14.8. The lowest BCUT2D eigenvalue weighted by Gasteiger charge is -2.03. The van der Waals surface area contributed by atoms with Crippen molar-refractivity contribution in [1.29, 1.82) is 0 Å². The number of hydrogen-bond acceptors (Lipinski definition) is 6. The van der Waals surface area contributed by atoms with Gasteiger partial charge in [-0.15, -0.1) is 0 Å². The molecule has 4 aromatic rings. The summed E-state index contributed by atoms with van der Waals surface area (Å²) in [6.07, 6.45) is 1.34. The molecule has 2 aromatic carbocycles. The van der Waals surface area contributed by atoms with Crippen LogP contribution < -0.4 is 5.32 Å². The van der Waals surface area contributed by atoms with Gasteiger partial charge in [0, 0.05) is 24.8 Å².